The summed E-state index contributed by atoms with van der Waals surface area (Å²) in [6.45, 7) is 4.93. The van der Waals surface area contributed by atoms with E-state index in [-0.39, 0.29) is 5.60 Å². The van der Waals surface area contributed by atoms with Crippen molar-refractivity contribution < 1.29 is 14.6 Å². The van der Waals surface area contributed by atoms with Gasteiger partial charge in [-0.2, -0.15) is 0 Å². The summed E-state index contributed by atoms with van der Waals surface area (Å²) in [6, 6.07) is 7.85. The Morgan fingerprint density at radius 2 is 2.15 bits per heavy atom. The molecule has 2 rings (SSSR count). The lowest BCUT2D eigenvalue weighted by molar-refractivity contribution is -0.0469. The highest BCUT2D eigenvalue weighted by Crippen LogP contribution is 2.42. The molecule has 1 aromatic carbocycles. The van der Waals surface area contributed by atoms with Gasteiger partial charge in [-0.3, -0.25) is 0 Å². The largest absolute Gasteiger partial charge is 0.493 e. The van der Waals surface area contributed by atoms with Crippen molar-refractivity contribution in [2.24, 2.45) is 5.73 Å². The number of methoxy groups -OCH3 is 1. The smallest absolute Gasteiger partial charge is 0.123 e. The molecule has 3 N–H and O–H groups in total. The molecular formula is C16H25NO3. The Hall–Kier alpha value is -1.10. The van der Waals surface area contributed by atoms with Gasteiger partial charge in [-0.25, -0.2) is 0 Å². The Kier molecular flexibility index (Phi) is 4.37. The van der Waals surface area contributed by atoms with E-state index in [4.69, 9.17) is 15.2 Å². The van der Waals surface area contributed by atoms with Crippen molar-refractivity contribution in [1.82, 2.24) is 0 Å². The molecule has 0 spiro atoms. The van der Waals surface area contributed by atoms with Gasteiger partial charge in [-0.15, -0.1) is 0 Å². The standard InChI is InChI=1S/C16H25NO3/c1-15(2,19-3)10-14(18)16(11-17)8-9-20-13-7-5-4-6-12(13)16/h4-7,14,18H,8-11,17H2,1-3H3. The second-order valence-corrected chi connectivity index (χ2v) is 6.14. The van der Waals surface area contributed by atoms with E-state index in [9.17, 15) is 5.11 Å². The molecule has 1 aliphatic heterocycles. The van der Waals surface area contributed by atoms with Crippen LogP contribution in [-0.4, -0.2) is 37.1 Å². The number of para-hydroxylation sites is 1. The van der Waals surface area contributed by atoms with Gasteiger partial charge < -0.3 is 20.3 Å². The van der Waals surface area contributed by atoms with Gasteiger partial charge in [0.05, 0.1) is 18.3 Å². The molecule has 1 aliphatic rings. The number of hydrogen-bond donors (Lipinski definition) is 2. The molecule has 20 heavy (non-hydrogen) atoms. The van der Waals surface area contributed by atoms with Crippen molar-refractivity contribution in [3.63, 3.8) is 0 Å². The number of rotatable bonds is 5. The molecule has 0 fully saturated rings. The summed E-state index contributed by atoms with van der Waals surface area (Å²) in [4.78, 5) is 0. The molecular weight excluding hydrogens is 254 g/mol. The minimum absolute atomic E-state index is 0.380. The normalized spacial score (nSPS) is 23.9. The summed E-state index contributed by atoms with van der Waals surface area (Å²) in [6.07, 6.45) is 0.698. The quantitative estimate of drug-likeness (QED) is 0.863. The number of aliphatic hydroxyl groups is 1. The van der Waals surface area contributed by atoms with Gasteiger partial charge in [0.15, 0.2) is 0 Å². The highest BCUT2D eigenvalue weighted by Gasteiger charge is 2.44. The van der Waals surface area contributed by atoms with Gasteiger partial charge in [0.25, 0.3) is 0 Å². The van der Waals surface area contributed by atoms with Gasteiger partial charge in [-0.05, 0) is 26.3 Å². The van der Waals surface area contributed by atoms with Crippen LogP contribution in [0.15, 0.2) is 24.3 Å². The number of ether oxygens (including phenoxy) is 2. The van der Waals surface area contributed by atoms with Crippen LogP contribution in [0.5, 0.6) is 5.75 Å². The maximum Gasteiger partial charge on any atom is 0.123 e. The van der Waals surface area contributed by atoms with Crippen LogP contribution in [-0.2, 0) is 10.2 Å². The highest BCUT2D eigenvalue weighted by molar-refractivity contribution is 5.42. The molecule has 0 amide bonds. The van der Waals surface area contributed by atoms with Gasteiger partial charge >= 0.3 is 0 Å². The summed E-state index contributed by atoms with van der Waals surface area (Å²) in [5.74, 6) is 0.832. The summed E-state index contributed by atoms with van der Waals surface area (Å²) in [7, 11) is 1.67. The molecule has 0 aromatic heterocycles. The highest BCUT2D eigenvalue weighted by atomic mass is 16.5. The first-order valence-electron chi connectivity index (χ1n) is 7.11. The summed E-state index contributed by atoms with van der Waals surface area (Å²) in [5, 5.41) is 10.8. The zero-order valence-electron chi connectivity index (χ0n) is 12.6. The number of nitrogens with two attached hydrogens (primary N) is 1. The molecule has 0 saturated carbocycles. The second-order valence-electron chi connectivity index (χ2n) is 6.14. The van der Waals surface area contributed by atoms with Gasteiger partial charge in [0.1, 0.15) is 5.75 Å². The van der Waals surface area contributed by atoms with E-state index in [2.05, 4.69) is 0 Å². The number of benzene rings is 1. The van der Waals surface area contributed by atoms with E-state index in [0.29, 0.717) is 19.6 Å². The summed E-state index contributed by atoms with van der Waals surface area (Å²) >= 11 is 0. The molecule has 1 heterocycles. The molecule has 4 nitrogen and oxygen atoms in total. The molecule has 112 valence electrons. The molecule has 4 heteroatoms. The molecule has 0 bridgehead atoms. The van der Waals surface area contributed by atoms with Crippen LogP contribution in [0.1, 0.15) is 32.3 Å². The fraction of sp³-hybridized carbons (Fsp3) is 0.625. The molecule has 2 unspecified atom stereocenters. The molecule has 2 atom stereocenters. The van der Waals surface area contributed by atoms with E-state index in [1.54, 1.807) is 7.11 Å². The topological polar surface area (TPSA) is 64.7 Å². The number of aliphatic hydroxyl groups excluding tert-OH is 1. The van der Waals surface area contributed by atoms with Gasteiger partial charge in [0.2, 0.25) is 0 Å². The maximum absolute atomic E-state index is 10.8. The third-order valence-electron chi connectivity index (χ3n) is 4.47. The Morgan fingerprint density at radius 3 is 2.80 bits per heavy atom. The Bertz CT molecular complexity index is 461. The Balaban J connectivity index is 2.35. The van der Waals surface area contributed by atoms with Crippen LogP contribution in [0, 0.1) is 0 Å². The van der Waals surface area contributed by atoms with Crippen molar-refractivity contribution >= 4 is 0 Å². The van der Waals surface area contributed by atoms with Crippen LogP contribution in [0.2, 0.25) is 0 Å². The predicted octanol–water partition coefficient (Wildman–Crippen LogP) is 1.84. The minimum atomic E-state index is -0.563. The van der Waals surface area contributed by atoms with E-state index < -0.39 is 11.5 Å². The van der Waals surface area contributed by atoms with Crippen molar-refractivity contribution in [2.75, 3.05) is 20.3 Å². The zero-order chi connectivity index (χ0) is 14.8. The lowest BCUT2D eigenvalue weighted by atomic mass is 9.69. The Labute approximate surface area is 120 Å². The van der Waals surface area contributed by atoms with Gasteiger partial charge in [0, 0.05) is 31.1 Å². The van der Waals surface area contributed by atoms with Crippen molar-refractivity contribution in [3.8, 4) is 5.75 Å². The zero-order valence-corrected chi connectivity index (χ0v) is 12.6. The van der Waals surface area contributed by atoms with Crippen LogP contribution in [0.4, 0.5) is 0 Å². The summed E-state index contributed by atoms with van der Waals surface area (Å²) < 4.78 is 11.1. The second kappa shape index (κ2) is 5.72. The van der Waals surface area contributed by atoms with Crippen LogP contribution >= 0.6 is 0 Å². The SMILES string of the molecule is COC(C)(C)CC(O)C1(CN)CCOc2ccccc21. The van der Waals surface area contributed by atoms with Crippen LogP contribution in [0.25, 0.3) is 0 Å². The van der Waals surface area contributed by atoms with Crippen molar-refractivity contribution in [2.45, 2.75) is 43.8 Å². The third kappa shape index (κ3) is 2.68. The van der Waals surface area contributed by atoms with Crippen molar-refractivity contribution in [1.29, 1.82) is 0 Å². The van der Waals surface area contributed by atoms with E-state index in [1.807, 2.05) is 38.1 Å². The van der Waals surface area contributed by atoms with Crippen LogP contribution < -0.4 is 10.5 Å². The first-order valence-corrected chi connectivity index (χ1v) is 7.11. The first-order chi connectivity index (χ1) is 9.45. The fourth-order valence-electron chi connectivity index (χ4n) is 2.92. The average Bonchev–Trinajstić information content (AvgIpc) is 2.46. The minimum Gasteiger partial charge on any atom is -0.493 e. The monoisotopic (exact) mass is 279 g/mol. The molecule has 0 aliphatic carbocycles. The van der Waals surface area contributed by atoms with E-state index in [1.165, 1.54) is 0 Å². The third-order valence-corrected chi connectivity index (χ3v) is 4.47. The first kappa shape index (κ1) is 15.3. The molecule has 0 saturated heterocycles. The number of hydrogen-bond acceptors (Lipinski definition) is 4. The summed E-state index contributed by atoms with van der Waals surface area (Å²) in [5.41, 5.74) is 6.23. The lowest BCUT2D eigenvalue weighted by Crippen LogP contribution is -2.51. The fourth-order valence-corrected chi connectivity index (χ4v) is 2.92. The van der Waals surface area contributed by atoms with Gasteiger partial charge in [-0.1, -0.05) is 18.2 Å². The molecule has 0 radical (unpaired) electrons. The molecule has 1 aromatic rings. The van der Waals surface area contributed by atoms with Crippen molar-refractivity contribution in [3.05, 3.63) is 29.8 Å². The van der Waals surface area contributed by atoms with Crippen LogP contribution in [0.3, 0.4) is 0 Å². The predicted molar refractivity (Wildman–Crippen MR) is 79.0 cm³/mol. The number of fused-ring (bicyclic) bond motifs is 1. The maximum atomic E-state index is 10.8. The van der Waals surface area contributed by atoms with E-state index >= 15 is 0 Å². The Morgan fingerprint density at radius 1 is 1.45 bits per heavy atom. The lowest BCUT2D eigenvalue weighted by Gasteiger charge is -2.43. The van der Waals surface area contributed by atoms with E-state index in [0.717, 1.165) is 17.7 Å². The average molecular weight is 279 g/mol.